The molecule has 0 saturated carbocycles. The van der Waals surface area contributed by atoms with Gasteiger partial charge in [-0.1, -0.05) is 75.4 Å². The summed E-state index contributed by atoms with van der Waals surface area (Å²) >= 11 is 1.64. The summed E-state index contributed by atoms with van der Waals surface area (Å²) in [6.07, 6.45) is 2.23. The molecule has 0 spiro atoms. The number of carbonyl (C=O) groups excluding carboxylic acids is 1. The number of primary amides is 1. The number of aromatic nitrogens is 1. The number of hydrogen-bond acceptors (Lipinski definition) is 6. The molecule has 40 heavy (non-hydrogen) atoms. The van der Waals surface area contributed by atoms with Crippen molar-refractivity contribution in [2.45, 2.75) is 103 Å². The van der Waals surface area contributed by atoms with Crippen LogP contribution < -0.4 is 11.1 Å². The molecule has 218 valence electrons. The molecule has 3 N–H and O–H groups in total. The molecule has 0 aliphatic heterocycles. The maximum atomic E-state index is 12.1. The maximum absolute atomic E-state index is 12.1. The van der Waals surface area contributed by atoms with Gasteiger partial charge in [-0.05, 0) is 62.9 Å². The van der Waals surface area contributed by atoms with Crippen LogP contribution in [-0.2, 0) is 22.0 Å². The van der Waals surface area contributed by atoms with Crippen molar-refractivity contribution >= 4 is 25.7 Å². The molecule has 6 nitrogen and oxygen atoms in total. The third-order valence-electron chi connectivity index (χ3n) is 7.48. The second-order valence-corrected chi connectivity index (χ2v) is 18.8. The predicted octanol–water partition coefficient (Wildman–Crippen LogP) is 7.60. The van der Waals surface area contributed by atoms with Crippen molar-refractivity contribution in [3.63, 3.8) is 0 Å². The number of hydrogen-bond donors (Lipinski definition) is 2. The van der Waals surface area contributed by atoms with Crippen LogP contribution in [0, 0.1) is 0 Å². The molecule has 0 aliphatic carbocycles. The van der Waals surface area contributed by atoms with E-state index in [1.807, 2.05) is 29.8 Å². The van der Waals surface area contributed by atoms with Crippen LogP contribution in [0.25, 0.3) is 10.6 Å². The molecule has 1 amide bonds. The zero-order valence-corrected chi connectivity index (χ0v) is 27.2. The minimum atomic E-state index is -2.22. The van der Waals surface area contributed by atoms with E-state index in [-0.39, 0.29) is 22.7 Å². The predicted molar refractivity (Wildman–Crippen MR) is 169 cm³/mol. The molecule has 1 aromatic heterocycles. The summed E-state index contributed by atoms with van der Waals surface area (Å²) in [6.45, 7) is 17.7. The first kappa shape index (κ1) is 32.0. The zero-order valence-electron chi connectivity index (χ0n) is 25.4. The van der Waals surface area contributed by atoms with Crippen molar-refractivity contribution in [3.05, 3.63) is 77.3 Å². The first-order valence-corrected chi connectivity index (χ1v) is 17.9. The van der Waals surface area contributed by atoms with Gasteiger partial charge < -0.3 is 20.2 Å². The van der Waals surface area contributed by atoms with Gasteiger partial charge in [-0.2, -0.15) is 0 Å². The Morgan fingerprint density at radius 3 is 2.10 bits per heavy atom. The van der Waals surface area contributed by atoms with Gasteiger partial charge in [0.25, 0.3) is 0 Å². The first-order chi connectivity index (χ1) is 18.6. The van der Waals surface area contributed by atoms with Crippen LogP contribution in [0.4, 0.5) is 4.79 Å². The van der Waals surface area contributed by atoms with Crippen LogP contribution in [0.3, 0.4) is 0 Å². The Morgan fingerprint density at radius 2 is 1.57 bits per heavy atom. The van der Waals surface area contributed by atoms with Crippen LogP contribution >= 0.6 is 11.3 Å². The summed E-state index contributed by atoms with van der Waals surface area (Å²) in [6, 6.07) is 18.8. The van der Waals surface area contributed by atoms with E-state index in [4.69, 9.17) is 14.9 Å². The summed E-state index contributed by atoms with van der Waals surface area (Å²) in [4.78, 5) is 16.6. The summed E-state index contributed by atoms with van der Waals surface area (Å²) in [5.41, 5.74) is 8.93. The van der Waals surface area contributed by atoms with E-state index in [9.17, 15) is 4.79 Å². The monoisotopic (exact) mass is 581 g/mol. The van der Waals surface area contributed by atoms with Crippen LogP contribution in [0.1, 0.15) is 59.1 Å². The molecule has 8 heteroatoms. The Kier molecular flexibility index (Phi) is 10.7. The molecule has 3 aromatic rings. The number of rotatable bonds is 12. The molecular formula is C32H47N3O3SSi. The lowest BCUT2D eigenvalue weighted by atomic mass is 9.93. The number of thiazole rings is 1. The summed E-state index contributed by atoms with van der Waals surface area (Å²) in [5.74, 6) is 0. The minimum Gasteiger partial charge on any atom is -0.443 e. The molecule has 0 saturated heterocycles. The fraction of sp³-hybridized carbons (Fsp3) is 0.500. The fourth-order valence-corrected chi connectivity index (χ4v) is 6.60. The van der Waals surface area contributed by atoms with E-state index < -0.39 is 20.5 Å². The lowest BCUT2D eigenvalue weighted by molar-refractivity contribution is 0.00337. The largest absolute Gasteiger partial charge is 0.443 e. The van der Waals surface area contributed by atoms with Crippen LogP contribution in [0.5, 0.6) is 0 Å². The average molecular weight is 582 g/mol. The molecule has 1 heterocycles. The Bertz CT molecular complexity index is 1190. The van der Waals surface area contributed by atoms with E-state index in [1.54, 1.807) is 11.3 Å². The van der Waals surface area contributed by atoms with Gasteiger partial charge in [-0.15, -0.1) is 11.3 Å². The second-order valence-electron chi connectivity index (χ2n) is 13.1. The third-order valence-corrected chi connectivity index (χ3v) is 12.8. The molecule has 3 rings (SSSR count). The number of ether oxygens (including phenoxy) is 1. The number of benzene rings is 2. The van der Waals surface area contributed by atoms with Crippen molar-refractivity contribution in [1.82, 2.24) is 10.3 Å². The highest BCUT2D eigenvalue weighted by molar-refractivity contribution is 7.13. The second kappa shape index (κ2) is 13.4. The summed E-state index contributed by atoms with van der Waals surface area (Å²) < 4.78 is 12.9. The van der Waals surface area contributed by atoms with Crippen molar-refractivity contribution in [2.24, 2.45) is 5.73 Å². The number of nitrogens with two attached hydrogens (primary N) is 1. The summed E-state index contributed by atoms with van der Waals surface area (Å²) in [7, 11) is -2.22. The topological polar surface area (TPSA) is 86.5 Å². The Morgan fingerprint density at radius 1 is 0.950 bits per heavy atom. The van der Waals surface area contributed by atoms with Gasteiger partial charge in [0.1, 0.15) is 11.1 Å². The van der Waals surface area contributed by atoms with Crippen molar-refractivity contribution in [1.29, 1.82) is 0 Å². The van der Waals surface area contributed by atoms with Gasteiger partial charge in [0.05, 0.1) is 6.10 Å². The summed E-state index contributed by atoms with van der Waals surface area (Å²) in [5, 5.41) is 6.84. The standard InChI is InChI=1S/C32H47N3O3SSi/c1-31(2,3)35-26(20-24-14-16-25(17-15-24)29-34-18-19-39-29)22-28(38-40(7,8)32(4,5)6)27(37-30(33)36)21-23-12-10-9-11-13-23/h9-19,26-28,35H,20-22H2,1-8H3,(H2,33,36)/t26-,27-,28-/m0/s1. The third kappa shape index (κ3) is 9.84. The average Bonchev–Trinajstić information content (AvgIpc) is 3.37. The molecule has 3 atom stereocenters. The van der Waals surface area contributed by atoms with E-state index in [0.29, 0.717) is 12.8 Å². The van der Waals surface area contributed by atoms with Crippen LogP contribution in [0.2, 0.25) is 18.1 Å². The number of amides is 1. The van der Waals surface area contributed by atoms with Crippen molar-refractivity contribution in [3.8, 4) is 10.6 Å². The van der Waals surface area contributed by atoms with Gasteiger partial charge >= 0.3 is 6.09 Å². The minimum absolute atomic E-state index is 0.00607. The molecule has 2 aromatic carbocycles. The Labute approximate surface area is 245 Å². The van der Waals surface area contributed by atoms with Gasteiger partial charge in [-0.3, -0.25) is 0 Å². The number of nitrogens with zero attached hydrogens (tertiary/aromatic N) is 1. The highest BCUT2D eigenvalue weighted by atomic mass is 32.1. The van der Waals surface area contributed by atoms with Crippen molar-refractivity contribution in [2.75, 3.05) is 0 Å². The Balaban J connectivity index is 1.94. The van der Waals surface area contributed by atoms with Gasteiger partial charge in [-0.25, -0.2) is 9.78 Å². The van der Waals surface area contributed by atoms with Crippen LogP contribution in [0.15, 0.2) is 66.2 Å². The van der Waals surface area contributed by atoms with Gasteiger partial charge in [0.2, 0.25) is 0 Å². The lowest BCUT2D eigenvalue weighted by Gasteiger charge is -2.42. The van der Waals surface area contributed by atoms with Crippen LogP contribution in [-0.4, -0.2) is 43.2 Å². The molecular weight excluding hydrogens is 535 g/mol. The highest BCUT2D eigenvalue weighted by Gasteiger charge is 2.42. The van der Waals surface area contributed by atoms with E-state index in [1.165, 1.54) is 5.56 Å². The normalized spacial score (nSPS) is 14.9. The van der Waals surface area contributed by atoms with Crippen molar-refractivity contribution < 1.29 is 14.0 Å². The first-order valence-electron chi connectivity index (χ1n) is 14.1. The highest BCUT2D eigenvalue weighted by Crippen LogP contribution is 2.39. The number of nitrogens with one attached hydrogen (secondary N) is 1. The molecule has 0 radical (unpaired) electrons. The van der Waals surface area contributed by atoms with E-state index >= 15 is 0 Å². The molecule has 0 aliphatic rings. The van der Waals surface area contributed by atoms with Gasteiger partial charge in [0.15, 0.2) is 8.32 Å². The SMILES string of the molecule is CC(C)(C)N[C@@H](Cc1ccc(-c2nccs2)cc1)C[C@H](O[Si](C)(C)C(C)(C)C)[C@H](Cc1ccccc1)OC(N)=O. The fourth-order valence-electron chi connectivity index (χ4n) is 4.60. The van der Waals surface area contributed by atoms with E-state index in [2.05, 4.69) is 101 Å². The number of carbonyl (C=O) groups is 1. The van der Waals surface area contributed by atoms with E-state index in [0.717, 1.165) is 22.6 Å². The smallest absolute Gasteiger partial charge is 0.404 e. The molecule has 0 bridgehead atoms. The zero-order chi connectivity index (χ0) is 29.6. The Hall–Kier alpha value is -2.52. The quantitative estimate of drug-likeness (QED) is 0.215. The van der Waals surface area contributed by atoms with Gasteiger partial charge in [0, 0.05) is 35.1 Å². The maximum Gasteiger partial charge on any atom is 0.404 e. The molecule has 0 unspecified atom stereocenters. The lowest BCUT2D eigenvalue weighted by Crippen LogP contribution is -2.53. The molecule has 0 fully saturated rings.